The summed E-state index contributed by atoms with van der Waals surface area (Å²) in [5.41, 5.74) is 2.92. The molecule has 2 amide bonds. The van der Waals surface area contributed by atoms with Crippen LogP contribution in [0.25, 0.3) is 0 Å². The number of rotatable bonds is 12. The number of likely N-dealkylation sites (N-methyl/N-ethyl adjacent to an activating group) is 1. The monoisotopic (exact) mass is 603 g/mol. The topological polar surface area (TPSA) is 86.8 Å². The lowest BCUT2D eigenvalue weighted by Gasteiger charge is -2.33. The standard InChI is InChI=1S/C30H35Cl2N3O4S/c1-5-33-30(37)28(18-22-9-7-6-8-10-22)34(19-23-11-16-26(31)27(32)17-23)29(36)20-35(40(4,38)39)25-14-12-24(13-15-25)21(2)3/h6-17,21,28H,5,18-20H2,1-4H3,(H,33,37)/t28-/m0/s1. The van der Waals surface area contributed by atoms with E-state index in [4.69, 9.17) is 23.2 Å². The Balaban J connectivity index is 2.04. The van der Waals surface area contributed by atoms with E-state index >= 15 is 0 Å². The molecule has 1 atom stereocenters. The number of halogens is 2. The van der Waals surface area contributed by atoms with Gasteiger partial charge in [0.1, 0.15) is 12.6 Å². The van der Waals surface area contributed by atoms with E-state index in [1.165, 1.54) is 4.90 Å². The number of benzene rings is 3. The fourth-order valence-corrected chi connectivity index (χ4v) is 5.49. The molecule has 0 aliphatic carbocycles. The minimum absolute atomic E-state index is 0.0221. The van der Waals surface area contributed by atoms with Crippen LogP contribution in [0.3, 0.4) is 0 Å². The van der Waals surface area contributed by atoms with Gasteiger partial charge in [0.2, 0.25) is 21.8 Å². The molecule has 3 aromatic rings. The Bertz CT molecular complexity index is 1410. The van der Waals surface area contributed by atoms with Gasteiger partial charge in [-0.3, -0.25) is 13.9 Å². The van der Waals surface area contributed by atoms with E-state index in [9.17, 15) is 18.0 Å². The van der Waals surface area contributed by atoms with E-state index < -0.39 is 28.5 Å². The SMILES string of the molecule is CCNC(=O)[C@H](Cc1ccccc1)N(Cc1ccc(Cl)c(Cl)c1)C(=O)CN(c1ccc(C(C)C)cc1)S(C)(=O)=O. The van der Waals surface area contributed by atoms with Crippen molar-refractivity contribution in [1.29, 1.82) is 0 Å². The van der Waals surface area contributed by atoms with Gasteiger partial charge in [-0.05, 0) is 53.8 Å². The van der Waals surface area contributed by atoms with Crippen LogP contribution < -0.4 is 9.62 Å². The average Bonchev–Trinajstić information content (AvgIpc) is 2.91. The minimum Gasteiger partial charge on any atom is -0.355 e. The van der Waals surface area contributed by atoms with Crippen LogP contribution >= 0.6 is 23.2 Å². The molecule has 0 aliphatic rings. The Labute approximate surface area is 247 Å². The summed E-state index contributed by atoms with van der Waals surface area (Å²) >= 11 is 12.4. The molecule has 0 unspecified atom stereocenters. The number of hydrogen-bond donors (Lipinski definition) is 1. The fourth-order valence-electron chi connectivity index (χ4n) is 4.32. The summed E-state index contributed by atoms with van der Waals surface area (Å²) in [5, 5.41) is 3.50. The molecule has 0 radical (unpaired) electrons. The van der Waals surface area contributed by atoms with Crippen molar-refractivity contribution in [2.24, 2.45) is 0 Å². The first-order valence-corrected chi connectivity index (χ1v) is 15.6. The third-order valence-corrected chi connectivity index (χ3v) is 8.37. The van der Waals surface area contributed by atoms with E-state index in [2.05, 4.69) is 5.32 Å². The molecule has 0 saturated heterocycles. The zero-order valence-electron chi connectivity index (χ0n) is 23.1. The molecule has 0 heterocycles. The molecular weight excluding hydrogens is 569 g/mol. The van der Waals surface area contributed by atoms with Crippen molar-refractivity contribution in [3.63, 3.8) is 0 Å². The highest BCUT2D eigenvalue weighted by atomic mass is 35.5. The predicted octanol–water partition coefficient (Wildman–Crippen LogP) is 5.66. The van der Waals surface area contributed by atoms with Crippen molar-refractivity contribution in [3.05, 3.63) is 99.5 Å². The predicted molar refractivity (Wildman–Crippen MR) is 162 cm³/mol. The number of nitrogens with one attached hydrogen (secondary N) is 1. The number of sulfonamides is 1. The van der Waals surface area contributed by atoms with Crippen LogP contribution in [-0.2, 0) is 32.6 Å². The fraction of sp³-hybridized carbons (Fsp3) is 0.333. The Kier molecular flexibility index (Phi) is 11.0. The summed E-state index contributed by atoms with van der Waals surface area (Å²) in [4.78, 5) is 28.8. The van der Waals surface area contributed by atoms with Gasteiger partial charge in [0.25, 0.3) is 0 Å². The summed E-state index contributed by atoms with van der Waals surface area (Å²) in [6.45, 7) is 5.80. The Morgan fingerprint density at radius 3 is 2.10 bits per heavy atom. The van der Waals surface area contributed by atoms with Crippen molar-refractivity contribution >= 4 is 50.7 Å². The molecule has 1 N–H and O–H groups in total. The van der Waals surface area contributed by atoms with Gasteiger partial charge < -0.3 is 10.2 Å². The highest BCUT2D eigenvalue weighted by molar-refractivity contribution is 7.92. The van der Waals surface area contributed by atoms with Gasteiger partial charge in [-0.2, -0.15) is 0 Å². The first-order valence-electron chi connectivity index (χ1n) is 13.0. The van der Waals surface area contributed by atoms with Gasteiger partial charge in [0.15, 0.2) is 0 Å². The van der Waals surface area contributed by atoms with Gasteiger partial charge in [0.05, 0.1) is 22.0 Å². The summed E-state index contributed by atoms with van der Waals surface area (Å²) in [7, 11) is -3.83. The first kappa shape index (κ1) is 31.5. The van der Waals surface area contributed by atoms with E-state index in [-0.39, 0.29) is 24.8 Å². The number of hydrogen-bond acceptors (Lipinski definition) is 4. The van der Waals surface area contributed by atoms with Gasteiger partial charge >= 0.3 is 0 Å². The maximum atomic E-state index is 14.0. The largest absolute Gasteiger partial charge is 0.355 e. The molecule has 0 bridgehead atoms. The van der Waals surface area contributed by atoms with Crippen molar-refractivity contribution in [3.8, 4) is 0 Å². The van der Waals surface area contributed by atoms with Gasteiger partial charge in [-0.15, -0.1) is 0 Å². The number of nitrogens with zero attached hydrogens (tertiary/aromatic N) is 2. The zero-order chi connectivity index (χ0) is 29.4. The summed E-state index contributed by atoms with van der Waals surface area (Å²) in [5.74, 6) is -0.608. The number of carbonyl (C=O) groups excluding carboxylic acids is 2. The van der Waals surface area contributed by atoms with E-state index in [1.807, 2.05) is 56.3 Å². The summed E-state index contributed by atoms with van der Waals surface area (Å²) < 4.78 is 26.8. The molecule has 0 fully saturated rings. The molecular formula is C30H35Cl2N3O4S. The number of amides is 2. The highest BCUT2D eigenvalue weighted by Gasteiger charge is 2.33. The van der Waals surface area contributed by atoms with E-state index in [0.29, 0.717) is 27.8 Å². The molecule has 40 heavy (non-hydrogen) atoms. The summed E-state index contributed by atoms with van der Waals surface area (Å²) in [6.07, 6.45) is 1.30. The van der Waals surface area contributed by atoms with Crippen LogP contribution in [0.4, 0.5) is 5.69 Å². The maximum absolute atomic E-state index is 14.0. The van der Waals surface area contributed by atoms with Crippen molar-refractivity contribution in [2.75, 3.05) is 23.7 Å². The molecule has 3 rings (SSSR count). The van der Waals surface area contributed by atoms with Crippen LogP contribution in [0.2, 0.25) is 10.0 Å². The van der Waals surface area contributed by atoms with E-state index in [1.54, 1.807) is 37.3 Å². The molecule has 0 saturated carbocycles. The Morgan fingerprint density at radius 2 is 1.55 bits per heavy atom. The lowest BCUT2D eigenvalue weighted by molar-refractivity contribution is -0.140. The minimum atomic E-state index is -3.83. The van der Waals surface area contributed by atoms with Gasteiger partial charge in [-0.25, -0.2) is 8.42 Å². The molecule has 7 nitrogen and oxygen atoms in total. The lowest BCUT2D eigenvalue weighted by Crippen LogP contribution is -2.53. The Hall–Kier alpha value is -3.07. The number of carbonyl (C=O) groups is 2. The smallest absolute Gasteiger partial charge is 0.244 e. The molecule has 0 aromatic heterocycles. The third kappa shape index (κ3) is 8.46. The molecule has 214 valence electrons. The van der Waals surface area contributed by atoms with Crippen LogP contribution in [0.1, 0.15) is 43.4 Å². The van der Waals surface area contributed by atoms with Gasteiger partial charge in [-0.1, -0.05) is 85.6 Å². The average molecular weight is 605 g/mol. The molecule has 0 spiro atoms. The molecule has 3 aromatic carbocycles. The van der Waals surface area contributed by atoms with Crippen molar-refractivity contribution < 1.29 is 18.0 Å². The quantitative estimate of drug-likeness (QED) is 0.289. The first-order chi connectivity index (χ1) is 18.9. The van der Waals surface area contributed by atoms with Crippen LogP contribution in [0, 0.1) is 0 Å². The normalized spacial score (nSPS) is 12.2. The lowest BCUT2D eigenvalue weighted by atomic mass is 10.0. The second-order valence-electron chi connectivity index (χ2n) is 9.89. The second kappa shape index (κ2) is 14.0. The van der Waals surface area contributed by atoms with Gasteiger partial charge in [0, 0.05) is 19.5 Å². The van der Waals surface area contributed by atoms with Crippen LogP contribution in [-0.4, -0.2) is 50.5 Å². The third-order valence-electron chi connectivity index (χ3n) is 6.49. The van der Waals surface area contributed by atoms with E-state index in [0.717, 1.165) is 21.7 Å². The van der Waals surface area contributed by atoms with Crippen LogP contribution in [0.15, 0.2) is 72.8 Å². The zero-order valence-corrected chi connectivity index (χ0v) is 25.4. The summed E-state index contributed by atoms with van der Waals surface area (Å²) in [6, 6.07) is 20.5. The number of anilines is 1. The maximum Gasteiger partial charge on any atom is 0.244 e. The van der Waals surface area contributed by atoms with Crippen molar-refractivity contribution in [1.82, 2.24) is 10.2 Å². The van der Waals surface area contributed by atoms with Crippen LogP contribution in [0.5, 0.6) is 0 Å². The Morgan fingerprint density at radius 1 is 0.900 bits per heavy atom. The molecule has 0 aliphatic heterocycles. The van der Waals surface area contributed by atoms with Crippen molar-refractivity contribution in [2.45, 2.75) is 45.7 Å². The molecule has 10 heteroatoms. The highest BCUT2D eigenvalue weighted by Crippen LogP contribution is 2.26. The second-order valence-corrected chi connectivity index (χ2v) is 12.6.